The minimum absolute atomic E-state index is 0.0199. The molecule has 0 heterocycles. The number of sulfonamides is 1. The zero-order valence-corrected chi connectivity index (χ0v) is 17.6. The molecule has 0 amide bonds. The highest BCUT2D eigenvalue weighted by molar-refractivity contribution is 7.92. The summed E-state index contributed by atoms with van der Waals surface area (Å²) in [7, 11) is -3.71. The highest BCUT2D eigenvalue weighted by Crippen LogP contribution is 2.22. The van der Waals surface area contributed by atoms with Crippen LogP contribution in [0.5, 0.6) is 0 Å². The smallest absolute Gasteiger partial charge is 0.261 e. The minimum atomic E-state index is -3.71. The van der Waals surface area contributed by atoms with Gasteiger partial charge in [0, 0.05) is 11.4 Å². The maximum Gasteiger partial charge on any atom is 0.261 e. The van der Waals surface area contributed by atoms with Crippen molar-refractivity contribution < 1.29 is 12.8 Å². The van der Waals surface area contributed by atoms with E-state index >= 15 is 0 Å². The standard InChI is InChI=1S/C20H17ClFN3O2S2/c1-13-4-2-3-5-19(13)25-29(26,27)16-9-6-14(7-10-16)23-20(28)24-15-8-11-18(22)17(21)12-15/h2-12,25H,1H3,(H2,23,24,28). The minimum Gasteiger partial charge on any atom is -0.332 e. The Hall–Kier alpha value is -2.68. The van der Waals surface area contributed by atoms with E-state index in [-0.39, 0.29) is 15.0 Å². The topological polar surface area (TPSA) is 70.2 Å². The monoisotopic (exact) mass is 449 g/mol. The zero-order valence-electron chi connectivity index (χ0n) is 15.2. The maximum atomic E-state index is 13.2. The van der Waals surface area contributed by atoms with E-state index in [9.17, 15) is 12.8 Å². The number of nitrogens with one attached hydrogen (secondary N) is 3. The second-order valence-electron chi connectivity index (χ2n) is 6.15. The van der Waals surface area contributed by atoms with Crippen molar-refractivity contribution in [2.75, 3.05) is 15.4 Å². The normalized spacial score (nSPS) is 11.0. The molecule has 0 aliphatic rings. The number of anilines is 3. The molecule has 0 aromatic heterocycles. The lowest BCUT2D eigenvalue weighted by Crippen LogP contribution is -2.19. The predicted octanol–water partition coefficient (Wildman–Crippen LogP) is 5.40. The third-order valence-electron chi connectivity index (χ3n) is 3.99. The molecule has 9 heteroatoms. The quantitative estimate of drug-likeness (QED) is 0.455. The Bertz CT molecular complexity index is 1150. The number of halogens is 2. The van der Waals surface area contributed by atoms with E-state index in [2.05, 4.69) is 15.4 Å². The molecule has 0 saturated carbocycles. The Morgan fingerprint density at radius 3 is 2.24 bits per heavy atom. The lowest BCUT2D eigenvalue weighted by molar-refractivity contribution is 0.601. The van der Waals surface area contributed by atoms with Gasteiger partial charge >= 0.3 is 0 Å². The van der Waals surface area contributed by atoms with E-state index in [0.717, 1.165) is 5.56 Å². The number of para-hydroxylation sites is 1. The van der Waals surface area contributed by atoms with Crippen molar-refractivity contribution >= 4 is 56.0 Å². The fraction of sp³-hybridized carbons (Fsp3) is 0.0500. The van der Waals surface area contributed by atoms with E-state index in [1.54, 1.807) is 24.3 Å². The van der Waals surface area contributed by atoms with Gasteiger partial charge in [0.15, 0.2) is 5.11 Å². The highest BCUT2D eigenvalue weighted by atomic mass is 35.5. The van der Waals surface area contributed by atoms with Gasteiger partial charge in [-0.1, -0.05) is 29.8 Å². The average Bonchev–Trinajstić information content (AvgIpc) is 2.67. The first-order chi connectivity index (χ1) is 13.7. The van der Waals surface area contributed by atoms with Gasteiger partial charge in [-0.15, -0.1) is 0 Å². The molecule has 3 rings (SSSR count). The number of hydrogen-bond donors (Lipinski definition) is 3. The molecule has 0 fully saturated rings. The lowest BCUT2D eigenvalue weighted by Gasteiger charge is -2.13. The molecule has 0 saturated heterocycles. The van der Waals surface area contributed by atoms with Gasteiger partial charge in [0.2, 0.25) is 0 Å². The second kappa shape index (κ2) is 8.77. The van der Waals surface area contributed by atoms with Crippen LogP contribution in [0.1, 0.15) is 5.56 Å². The fourth-order valence-electron chi connectivity index (χ4n) is 2.48. The Balaban J connectivity index is 1.67. The van der Waals surface area contributed by atoms with Crippen LogP contribution in [0.3, 0.4) is 0 Å². The van der Waals surface area contributed by atoms with Crippen LogP contribution >= 0.6 is 23.8 Å². The highest BCUT2D eigenvalue weighted by Gasteiger charge is 2.15. The first-order valence-corrected chi connectivity index (χ1v) is 10.7. The number of rotatable bonds is 5. The van der Waals surface area contributed by atoms with E-state index in [0.29, 0.717) is 17.1 Å². The molecule has 0 aliphatic heterocycles. The average molecular weight is 450 g/mol. The number of aryl methyl sites for hydroxylation is 1. The van der Waals surface area contributed by atoms with E-state index in [4.69, 9.17) is 23.8 Å². The van der Waals surface area contributed by atoms with Crippen LogP contribution in [0.25, 0.3) is 0 Å². The summed E-state index contributed by atoms with van der Waals surface area (Å²) in [6.07, 6.45) is 0. The SMILES string of the molecule is Cc1ccccc1NS(=O)(=O)c1ccc(NC(=S)Nc2ccc(F)c(Cl)c2)cc1. The molecule has 3 aromatic rings. The molecule has 0 aliphatic carbocycles. The molecule has 3 aromatic carbocycles. The summed E-state index contributed by atoms with van der Waals surface area (Å²) in [4.78, 5) is 0.121. The van der Waals surface area contributed by atoms with Crippen LogP contribution in [-0.4, -0.2) is 13.5 Å². The van der Waals surface area contributed by atoms with Gasteiger partial charge in [0.25, 0.3) is 10.0 Å². The van der Waals surface area contributed by atoms with Crippen molar-refractivity contribution in [3.05, 3.63) is 83.1 Å². The molecule has 0 spiro atoms. The predicted molar refractivity (Wildman–Crippen MR) is 120 cm³/mol. The van der Waals surface area contributed by atoms with Gasteiger partial charge in [-0.2, -0.15) is 0 Å². The fourth-order valence-corrected chi connectivity index (χ4v) is 4.02. The Morgan fingerprint density at radius 1 is 0.966 bits per heavy atom. The van der Waals surface area contributed by atoms with Gasteiger partial charge < -0.3 is 10.6 Å². The summed E-state index contributed by atoms with van der Waals surface area (Å²) < 4.78 is 40.9. The summed E-state index contributed by atoms with van der Waals surface area (Å²) in [5.74, 6) is -0.521. The Labute approximate surface area is 179 Å². The van der Waals surface area contributed by atoms with Crippen LogP contribution in [0, 0.1) is 12.7 Å². The van der Waals surface area contributed by atoms with Gasteiger partial charge in [-0.05, 0) is 73.2 Å². The summed E-state index contributed by atoms with van der Waals surface area (Å²) in [6.45, 7) is 1.83. The van der Waals surface area contributed by atoms with Crippen molar-refractivity contribution in [1.29, 1.82) is 0 Å². The molecule has 150 valence electrons. The van der Waals surface area contributed by atoms with Crippen molar-refractivity contribution in [2.24, 2.45) is 0 Å². The van der Waals surface area contributed by atoms with Crippen molar-refractivity contribution in [3.63, 3.8) is 0 Å². The molecule has 5 nitrogen and oxygen atoms in total. The Kier molecular flexibility index (Phi) is 6.36. The molecular weight excluding hydrogens is 433 g/mol. The van der Waals surface area contributed by atoms with E-state index in [1.165, 1.54) is 30.3 Å². The number of benzene rings is 3. The van der Waals surface area contributed by atoms with Crippen LogP contribution in [0.2, 0.25) is 5.02 Å². The third kappa shape index (κ3) is 5.44. The summed E-state index contributed by atoms with van der Waals surface area (Å²) >= 11 is 11.0. The van der Waals surface area contributed by atoms with Gasteiger partial charge in [-0.25, -0.2) is 12.8 Å². The molecule has 0 atom stereocenters. The molecule has 0 radical (unpaired) electrons. The molecule has 0 unspecified atom stereocenters. The van der Waals surface area contributed by atoms with Crippen molar-refractivity contribution in [3.8, 4) is 0 Å². The number of thiocarbonyl (C=S) groups is 1. The molecule has 0 bridgehead atoms. The van der Waals surface area contributed by atoms with Crippen molar-refractivity contribution in [2.45, 2.75) is 11.8 Å². The first-order valence-electron chi connectivity index (χ1n) is 8.46. The maximum absolute atomic E-state index is 13.2. The zero-order chi connectivity index (χ0) is 21.0. The third-order valence-corrected chi connectivity index (χ3v) is 5.86. The summed E-state index contributed by atoms with van der Waals surface area (Å²) in [6, 6.07) is 17.4. The van der Waals surface area contributed by atoms with Crippen LogP contribution in [0.15, 0.2) is 71.6 Å². The van der Waals surface area contributed by atoms with Gasteiger partial charge in [0.1, 0.15) is 5.82 Å². The molecule has 3 N–H and O–H groups in total. The first kappa shape index (κ1) is 21.0. The second-order valence-corrected chi connectivity index (χ2v) is 8.65. The molecule has 29 heavy (non-hydrogen) atoms. The van der Waals surface area contributed by atoms with E-state index in [1.807, 2.05) is 19.1 Å². The Morgan fingerprint density at radius 2 is 1.59 bits per heavy atom. The molecular formula is C20H17ClFN3O2S2. The summed E-state index contributed by atoms with van der Waals surface area (Å²) in [5, 5.41) is 6.04. The van der Waals surface area contributed by atoms with Crippen LogP contribution in [0.4, 0.5) is 21.5 Å². The van der Waals surface area contributed by atoms with Gasteiger partial charge in [-0.3, -0.25) is 4.72 Å². The van der Waals surface area contributed by atoms with Crippen molar-refractivity contribution in [1.82, 2.24) is 0 Å². The van der Waals surface area contributed by atoms with Gasteiger partial charge in [0.05, 0.1) is 15.6 Å². The largest absolute Gasteiger partial charge is 0.332 e. The van der Waals surface area contributed by atoms with E-state index < -0.39 is 15.8 Å². The lowest BCUT2D eigenvalue weighted by atomic mass is 10.2. The van der Waals surface area contributed by atoms with Crippen LogP contribution in [-0.2, 0) is 10.0 Å². The number of hydrogen-bond acceptors (Lipinski definition) is 3. The van der Waals surface area contributed by atoms with Crippen LogP contribution < -0.4 is 15.4 Å². The summed E-state index contributed by atoms with van der Waals surface area (Å²) in [5.41, 5.74) is 2.46.